The third-order valence-electron chi connectivity index (χ3n) is 5.00. The Kier molecular flexibility index (Phi) is 4.07. The van der Waals surface area contributed by atoms with E-state index >= 15 is 0 Å². The monoisotopic (exact) mass is 365 g/mol. The highest BCUT2D eigenvalue weighted by Gasteiger charge is 2.51. The molecule has 0 radical (unpaired) electrons. The Morgan fingerprint density at radius 1 is 1.29 bits per heavy atom. The summed E-state index contributed by atoms with van der Waals surface area (Å²) in [6, 6.07) is 0.819. The van der Waals surface area contributed by atoms with Crippen LogP contribution in [0.15, 0.2) is 12.3 Å². The van der Waals surface area contributed by atoms with Crippen LogP contribution in [0, 0.1) is 0 Å². The van der Waals surface area contributed by atoms with E-state index in [2.05, 4.69) is 9.72 Å². The average molecular weight is 365 g/mol. The molecule has 1 aromatic rings. The fraction of sp³-hybridized carbons (Fsp3) is 0.667. The number of halogens is 3. The maximum Gasteiger partial charge on any atom is 0.421 e. The standard InChI is InChI=1S/C15H18F3NO4S/c1-23-13-12(15(16,17)18)5-9(8-19-13)14(20)6-10-3-2-4-11(7-14)24(10,21)22/h5,8,10-11,20H,2-4,6-7H2,1H3. The molecule has 0 aromatic carbocycles. The lowest BCUT2D eigenvalue weighted by Crippen LogP contribution is -2.50. The molecular formula is C15H18F3NO4S. The number of methoxy groups -OCH3 is 1. The molecule has 1 N–H and O–H groups in total. The van der Waals surface area contributed by atoms with Crippen molar-refractivity contribution in [2.75, 3.05) is 7.11 Å². The second-order valence-electron chi connectivity index (χ2n) is 6.48. The number of ether oxygens (including phenoxy) is 1. The van der Waals surface area contributed by atoms with E-state index in [1.54, 1.807) is 0 Å². The molecule has 134 valence electrons. The van der Waals surface area contributed by atoms with Crippen LogP contribution in [-0.4, -0.2) is 36.1 Å². The van der Waals surface area contributed by atoms with E-state index in [1.165, 1.54) is 0 Å². The largest absolute Gasteiger partial charge is 0.481 e. The first-order valence-electron chi connectivity index (χ1n) is 7.65. The summed E-state index contributed by atoms with van der Waals surface area (Å²) in [5.74, 6) is -0.571. The van der Waals surface area contributed by atoms with Gasteiger partial charge in [0.25, 0.3) is 0 Å². The average Bonchev–Trinajstić information content (AvgIpc) is 2.47. The summed E-state index contributed by atoms with van der Waals surface area (Å²) < 4.78 is 68.8. The van der Waals surface area contributed by atoms with Gasteiger partial charge in [0.15, 0.2) is 9.84 Å². The van der Waals surface area contributed by atoms with Crippen LogP contribution in [0.1, 0.15) is 43.2 Å². The number of hydrogen-bond donors (Lipinski definition) is 1. The number of hydrogen-bond acceptors (Lipinski definition) is 5. The van der Waals surface area contributed by atoms with E-state index in [0.717, 1.165) is 25.8 Å². The molecular weight excluding hydrogens is 347 g/mol. The van der Waals surface area contributed by atoms with Crippen LogP contribution in [0.2, 0.25) is 0 Å². The third-order valence-corrected chi connectivity index (χ3v) is 7.66. The van der Waals surface area contributed by atoms with Crippen molar-refractivity contribution in [1.82, 2.24) is 4.98 Å². The van der Waals surface area contributed by atoms with Crippen molar-refractivity contribution < 1.29 is 31.4 Å². The molecule has 9 heteroatoms. The summed E-state index contributed by atoms with van der Waals surface area (Å²) in [5.41, 5.74) is -2.71. The van der Waals surface area contributed by atoms with Gasteiger partial charge < -0.3 is 9.84 Å². The van der Waals surface area contributed by atoms with Crippen molar-refractivity contribution in [3.63, 3.8) is 0 Å². The summed E-state index contributed by atoms with van der Waals surface area (Å²) in [6.07, 6.45) is -2.13. The minimum absolute atomic E-state index is 0.0116. The number of fused-ring (bicyclic) bond motifs is 2. The van der Waals surface area contributed by atoms with Gasteiger partial charge in [-0.05, 0) is 31.7 Å². The Labute approximate surface area is 137 Å². The van der Waals surface area contributed by atoms with Gasteiger partial charge in [0.1, 0.15) is 5.56 Å². The number of nitrogens with zero attached hydrogens (tertiary/aromatic N) is 1. The smallest absolute Gasteiger partial charge is 0.421 e. The molecule has 2 bridgehead atoms. The van der Waals surface area contributed by atoms with E-state index in [-0.39, 0.29) is 18.4 Å². The lowest BCUT2D eigenvalue weighted by atomic mass is 9.81. The molecule has 5 nitrogen and oxygen atoms in total. The van der Waals surface area contributed by atoms with Gasteiger partial charge >= 0.3 is 6.18 Å². The second kappa shape index (κ2) is 5.59. The Morgan fingerprint density at radius 3 is 2.38 bits per heavy atom. The molecule has 24 heavy (non-hydrogen) atoms. The summed E-state index contributed by atoms with van der Waals surface area (Å²) in [4.78, 5) is 3.66. The van der Waals surface area contributed by atoms with Crippen LogP contribution in [-0.2, 0) is 21.6 Å². The molecule has 3 rings (SSSR count). The minimum atomic E-state index is -4.68. The number of aliphatic hydroxyl groups is 1. The number of aromatic nitrogens is 1. The quantitative estimate of drug-likeness (QED) is 0.871. The molecule has 2 unspecified atom stereocenters. The Bertz CT molecular complexity index is 728. The van der Waals surface area contributed by atoms with Gasteiger partial charge in [-0.1, -0.05) is 6.42 Å². The number of sulfone groups is 1. The van der Waals surface area contributed by atoms with Gasteiger partial charge in [0.05, 0.1) is 23.2 Å². The molecule has 0 amide bonds. The van der Waals surface area contributed by atoms with Crippen molar-refractivity contribution in [3.8, 4) is 5.88 Å². The molecule has 2 aliphatic heterocycles. The summed E-state index contributed by atoms with van der Waals surface area (Å²) in [5, 5.41) is 9.49. The van der Waals surface area contributed by atoms with Crippen molar-refractivity contribution in [2.45, 2.75) is 54.4 Å². The van der Waals surface area contributed by atoms with Gasteiger partial charge in [0.2, 0.25) is 5.88 Å². The van der Waals surface area contributed by atoms with Gasteiger partial charge in [-0.2, -0.15) is 13.2 Å². The first-order valence-corrected chi connectivity index (χ1v) is 9.26. The van der Waals surface area contributed by atoms with E-state index < -0.39 is 43.6 Å². The van der Waals surface area contributed by atoms with E-state index in [1.807, 2.05) is 0 Å². The summed E-state index contributed by atoms with van der Waals surface area (Å²) in [6.45, 7) is 0. The van der Waals surface area contributed by atoms with Gasteiger partial charge in [-0.15, -0.1) is 0 Å². The highest BCUT2D eigenvalue weighted by Crippen LogP contribution is 2.47. The molecule has 0 aliphatic carbocycles. The Hall–Kier alpha value is -1.35. The molecule has 2 atom stereocenters. The second-order valence-corrected chi connectivity index (χ2v) is 8.99. The van der Waals surface area contributed by atoms with Crippen LogP contribution in [0.4, 0.5) is 13.2 Å². The van der Waals surface area contributed by atoms with Crippen molar-refractivity contribution in [1.29, 1.82) is 0 Å². The third kappa shape index (κ3) is 2.77. The Morgan fingerprint density at radius 2 is 1.88 bits per heavy atom. The maximum atomic E-state index is 13.2. The predicted octanol–water partition coefficient (Wildman–Crippen LogP) is 2.43. The zero-order chi connectivity index (χ0) is 17.8. The number of pyridine rings is 1. The Balaban J connectivity index is 2.03. The highest BCUT2D eigenvalue weighted by molar-refractivity contribution is 7.92. The van der Waals surface area contributed by atoms with Crippen molar-refractivity contribution in [2.24, 2.45) is 0 Å². The molecule has 2 fully saturated rings. The predicted molar refractivity (Wildman–Crippen MR) is 79.3 cm³/mol. The van der Waals surface area contributed by atoms with Crippen LogP contribution in [0.5, 0.6) is 5.88 Å². The highest BCUT2D eigenvalue weighted by atomic mass is 32.2. The SMILES string of the molecule is COc1ncc(C2(O)CC3CCCC(C2)S3(=O)=O)cc1C(F)(F)F. The fourth-order valence-electron chi connectivity index (χ4n) is 3.76. The van der Waals surface area contributed by atoms with Gasteiger partial charge in [-0.3, -0.25) is 0 Å². The van der Waals surface area contributed by atoms with Gasteiger partial charge in [0, 0.05) is 11.8 Å². The molecule has 2 aliphatic rings. The van der Waals surface area contributed by atoms with Crippen LogP contribution >= 0.6 is 0 Å². The fourth-order valence-corrected chi connectivity index (χ4v) is 6.31. The van der Waals surface area contributed by atoms with E-state index in [0.29, 0.717) is 12.8 Å². The van der Waals surface area contributed by atoms with Crippen LogP contribution in [0.25, 0.3) is 0 Å². The summed E-state index contributed by atoms with van der Waals surface area (Å²) in [7, 11) is -2.24. The summed E-state index contributed by atoms with van der Waals surface area (Å²) >= 11 is 0. The molecule has 0 spiro atoms. The normalized spacial score (nSPS) is 32.4. The van der Waals surface area contributed by atoms with Crippen LogP contribution in [0.3, 0.4) is 0 Å². The molecule has 1 aromatic heterocycles. The first-order chi connectivity index (χ1) is 11.1. The van der Waals surface area contributed by atoms with Crippen molar-refractivity contribution >= 4 is 9.84 Å². The zero-order valence-electron chi connectivity index (χ0n) is 13.0. The lowest BCUT2D eigenvalue weighted by Gasteiger charge is -2.44. The molecule has 2 saturated heterocycles. The first kappa shape index (κ1) is 17.5. The van der Waals surface area contributed by atoms with Gasteiger partial charge in [-0.25, -0.2) is 13.4 Å². The van der Waals surface area contributed by atoms with Crippen LogP contribution < -0.4 is 4.74 Å². The minimum Gasteiger partial charge on any atom is -0.481 e. The molecule has 0 saturated carbocycles. The topological polar surface area (TPSA) is 76.5 Å². The molecule has 3 heterocycles. The van der Waals surface area contributed by atoms with Crippen molar-refractivity contribution in [3.05, 3.63) is 23.4 Å². The lowest BCUT2D eigenvalue weighted by molar-refractivity contribution is -0.139. The number of alkyl halides is 3. The van der Waals surface area contributed by atoms with E-state index in [9.17, 15) is 26.7 Å². The number of rotatable bonds is 2. The van der Waals surface area contributed by atoms with E-state index in [4.69, 9.17) is 0 Å². The maximum absolute atomic E-state index is 13.2. The zero-order valence-corrected chi connectivity index (χ0v) is 13.8.